The lowest BCUT2D eigenvalue weighted by Gasteiger charge is -2.37. The molecule has 2 aliphatic rings. The second-order valence-corrected chi connectivity index (χ2v) is 7.51. The van der Waals surface area contributed by atoms with Crippen LogP contribution in [0.1, 0.15) is 68.9 Å². The van der Waals surface area contributed by atoms with E-state index in [2.05, 4.69) is 39.2 Å². The fourth-order valence-corrected chi connectivity index (χ4v) is 4.15. The van der Waals surface area contributed by atoms with Gasteiger partial charge in [-0.3, -0.25) is 4.90 Å². The van der Waals surface area contributed by atoms with Crippen LogP contribution in [0.25, 0.3) is 0 Å². The third kappa shape index (κ3) is 3.32. The van der Waals surface area contributed by atoms with Crippen molar-refractivity contribution in [1.29, 1.82) is 0 Å². The van der Waals surface area contributed by atoms with Crippen LogP contribution in [0.4, 0.5) is 0 Å². The molecule has 8 nitrogen and oxygen atoms in total. The number of rotatable bonds is 6. The van der Waals surface area contributed by atoms with Crippen LogP contribution >= 0.6 is 0 Å². The van der Waals surface area contributed by atoms with Crippen LogP contribution in [-0.4, -0.2) is 49.2 Å². The van der Waals surface area contributed by atoms with Crippen LogP contribution in [0, 0.1) is 0 Å². The van der Waals surface area contributed by atoms with Gasteiger partial charge < -0.3 is 9.26 Å². The fraction of sp³-hybridized carbons (Fsp3) is 0.765. The van der Waals surface area contributed by atoms with Crippen LogP contribution in [0.15, 0.2) is 10.7 Å². The smallest absolute Gasteiger partial charge is 0.240 e. The summed E-state index contributed by atoms with van der Waals surface area (Å²) in [5.41, 5.74) is 0.893. The lowest BCUT2D eigenvalue weighted by Crippen LogP contribution is -2.43. The lowest BCUT2D eigenvalue weighted by atomic mass is 9.97. The van der Waals surface area contributed by atoms with Gasteiger partial charge in [-0.15, -0.1) is 5.10 Å². The standard InChI is InChI=1S/C17H26N6O2/c1-11(2)17-18-16(25-20-17)9-22-13-4-5-14(22)7-15(6-13)23-8-12(10-24-3)19-21-23/h8,11,13-15H,4-7,9-10H2,1-3H3. The van der Waals surface area contributed by atoms with Crippen molar-refractivity contribution in [2.24, 2.45) is 0 Å². The molecule has 0 N–H and O–H groups in total. The Hall–Kier alpha value is -1.80. The number of aromatic nitrogens is 5. The van der Waals surface area contributed by atoms with Crippen molar-refractivity contribution in [2.45, 2.75) is 76.7 Å². The lowest BCUT2D eigenvalue weighted by molar-refractivity contribution is 0.0831. The average molecular weight is 346 g/mol. The van der Waals surface area contributed by atoms with Crippen LogP contribution in [0.2, 0.25) is 0 Å². The molecule has 8 heteroatoms. The van der Waals surface area contributed by atoms with E-state index in [0.717, 1.165) is 36.8 Å². The summed E-state index contributed by atoms with van der Waals surface area (Å²) < 4.78 is 12.6. The molecule has 2 aromatic rings. The number of hydrogen-bond donors (Lipinski definition) is 0. The molecule has 2 bridgehead atoms. The third-order valence-corrected chi connectivity index (χ3v) is 5.40. The largest absolute Gasteiger partial charge is 0.378 e. The summed E-state index contributed by atoms with van der Waals surface area (Å²) in [4.78, 5) is 7.08. The van der Waals surface area contributed by atoms with Crippen molar-refractivity contribution in [3.63, 3.8) is 0 Å². The highest BCUT2D eigenvalue weighted by molar-refractivity contribution is 5.01. The summed E-state index contributed by atoms with van der Waals surface area (Å²) >= 11 is 0. The molecule has 2 aliphatic heterocycles. The summed E-state index contributed by atoms with van der Waals surface area (Å²) in [6.07, 6.45) is 6.67. The van der Waals surface area contributed by atoms with Gasteiger partial charge in [-0.05, 0) is 25.7 Å². The van der Waals surface area contributed by atoms with Gasteiger partial charge in [-0.2, -0.15) is 4.98 Å². The first kappa shape index (κ1) is 16.7. The number of fused-ring (bicyclic) bond motifs is 2. The monoisotopic (exact) mass is 346 g/mol. The highest BCUT2D eigenvalue weighted by atomic mass is 16.5. The van der Waals surface area contributed by atoms with Gasteiger partial charge in [0.2, 0.25) is 5.89 Å². The molecule has 2 atom stereocenters. The molecule has 2 aromatic heterocycles. The second-order valence-electron chi connectivity index (χ2n) is 7.51. The molecule has 2 saturated heterocycles. The Labute approximate surface area is 147 Å². The highest BCUT2D eigenvalue weighted by Crippen LogP contribution is 2.41. The van der Waals surface area contributed by atoms with Gasteiger partial charge in [-0.1, -0.05) is 24.2 Å². The van der Waals surface area contributed by atoms with E-state index >= 15 is 0 Å². The van der Waals surface area contributed by atoms with E-state index < -0.39 is 0 Å². The molecule has 2 fully saturated rings. The van der Waals surface area contributed by atoms with Crippen LogP contribution in [-0.2, 0) is 17.9 Å². The zero-order chi connectivity index (χ0) is 17.4. The van der Waals surface area contributed by atoms with Crippen molar-refractivity contribution in [1.82, 2.24) is 30.0 Å². The topological polar surface area (TPSA) is 82.1 Å². The van der Waals surface area contributed by atoms with E-state index in [4.69, 9.17) is 9.26 Å². The Morgan fingerprint density at radius 1 is 1.24 bits per heavy atom. The predicted octanol–water partition coefficient (Wildman–Crippen LogP) is 2.30. The van der Waals surface area contributed by atoms with E-state index in [-0.39, 0.29) is 0 Å². The average Bonchev–Trinajstić information content (AvgIpc) is 3.28. The molecule has 0 radical (unpaired) electrons. The SMILES string of the molecule is COCc1cn(C2CC3CCC(C2)N3Cc2nc(C(C)C)no2)nn1. The maximum Gasteiger partial charge on any atom is 0.240 e. The Balaban J connectivity index is 1.42. The Morgan fingerprint density at radius 3 is 2.64 bits per heavy atom. The maximum atomic E-state index is 5.45. The van der Waals surface area contributed by atoms with Crippen molar-refractivity contribution >= 4 is 0 Å². The van der Waals surface area contributed by atoms with Gasteiger partial charge >= 0.3 is 0 Å². The second kappa shape index (κ2) is 6.84. The zero-order valence-corrected chi connectivity index (χ0v) is 15.1. The van der Waals surface area contributed by atoms with Gasteiger partial charge in [0.05, 0.1) is 25.4 Å². The summed E-state index contributed by atoms with van der Waals surface area (Å²) in [6, 6.07) is 1.52. The van der Waals surface area contributed by atoms with Crippen LogP contribution in [0.5, 0.6) is 0 Å². The number of hydrogen-bond acceptors (Lipinski definition) is 7. The summed E-state index contributed by atoms with van der Waals surface area (Å²) in [5.74, 6) is 1.83. The van der Waals surface area contributed by atoms with Gasteiger partial charge in [0, 0.05) is 25.1 Å². The van der Waals surface area contributed by atoms with Crippen molar-refractivity contribution in [3.8, 4) is 0 Å². The highest BCUT2D eigenvalue weighted by Gasteiger charge is 2.42. The molecule has 0 saturated carbocycles. The van der Waals surface area contributed by atoms with E-state index in [1.165, 1.54) is 12.8 Å². The molecular weight excluding hydrogens is 320 g/mol. The number of methoxy groups -OCH3 is 1. The van der Waals surface area contributed by atoms with E-state index in [0.29, 0.717) is 30.7 Å². The molecule has 2 unspecified atom stereocenters. The Kier molecular flexibility index (Phi) is 4.56. The molecule has 0 aliphatic carbocycles. The minimum atomic E-state index is 0.300. The predicted molar refractivity (Wildman–Crippen MR) is 89.7 cm³/mol. The number of nitrogens with zero attached hydrogens (tertiary/aromatic N) is 6. The Morgan fingerprint density at radius 2 is 2.00 bits per heavy atom. The molecule has 136 valence electrons. The van der Waals surface area contributed by atoms with Gasteiger partial charge in [0.1, 0.15) is 5.69 Å². The normalized spacial score (nSPS) is 26.6. The number of piperidine rings is 1. The van der Waals surface area contributed by atoms with Crippen LogP contribution < -0.4 is 0 Å². The quantitative estimate of drug-likeness (QED) is 0.793. The van der Waals surface area contributed by atoms with E-state index in [1.807, 2.05) is 10.9 Å². The molecule has 25 heavy (non-hydrogen) atoms. The molecule has 0 spiro atoms. The van der Waals surface area contributed by atoms with Gasteiger partial charge in [0.15, 0.2) is 5.82 Å². The molecule has 4 heterocycles. The van der Waals surface area contributed by atoms with Crippen molar-refractivity contribution in [3.05, 3.63) is 23.6 Å². The van der Waals surface area contributed by atoms with Crippen LogP contribution in [0.3, 0.4) is 0 Å². The Bertz CT molecular complexity index is 698. The first-order chi connectivity index (χ1) is 12.1. The van der Waals surface area contributed by atoms with Gasteiger partial charge in [0.25, 0.3) is 0 Å². The fourth-order valence-electron chi connectivity index (χ4n) is 4.15. The van der Waals surface area contributed by atoms with Gasteiger partial charge in [-0.25, -0.2) is 4.68 Å². The summed E-state index contributed by atoms with van der Waals surface area (Å²) in [7, 11) is 1.68. The minimum Gasteiger partial charge on any atom is -0.378 e. The molecule has 0 aromatic carbocycles. The van der Waals surface area contributed by atoms with E-state index in [1.54, 1.807) is 7.11 Å². The zero-order valence-electron chi connectivity index (χ0n) is 15.1. The molecule has 4 rings (SSSR count). The van der Waals surface area contributed by atoms with E-state index in [9.17, 15) is 0 Å². The first-order valence-electron chi connectivity index (χ1n) is 9.12. The minimum absolute atomic E-state index is 0.300. The van der Waals surface area contributed by atoms with Crippen molar-refractivity contribution < 1.29 is 9.26 Å². The third-order valence-electron chi connectivity index (χ3n) is 5.40. The molecular formula is C17H26N6O2. The molecule has 0 amide bonds. The number of ether oxygens (including phenoxy) is 1. The maximum absolute atomic E-state index is 5.45. The summed E-state index contributed by atoms with van der Waals surface area (Å²) in [5, 5.41) is 12.6. The summed E-state index contributed by atoms with van der Waals surface area (Å²) in [6.45, 7) is 5.44. The first-order valence-corrected chi connectivity index (χ1v) is 9.12. The van der Waals surface area contributed by atoms with Crippen molar-refractivity contribution in [2.75, 3.05) is 7.11 Å².